The molecule has 0 heterocycles. The summed E-state index contributed by atoms with van der Waals surface area (Å²) in [6.07, 6.45) is 2.15. The van der Waals surface area contributed by atoms with Gasteiger partial charge in [0.15, 0.2) is 0 Å². The molecule has 0 radical (unpaired) electrons. The average molecular weight is 298 g/mol. The Morgan fingerprint density at radius 1 is 1.40 bits per heavy atom. The molecule has 1 unspecified atom stereocenters. The molecule has 0 aliphatic carbocycles. The number of amides is 2. The first-order valence-corrected chi connectivity index (χ1v) is 7.99. The summed E-state index contributed by atoms with van der Waals surface area (Å²) in [6, 6.07) is 6.82. The third-order valence-corrected chi connectivity index (χ3v) is 3.22. The molecule has 1 aromatic carbocycles. The fourth-order valence-corrected chi connectivity index (χ4v) is 2.05. The summed E-state index contributed by atoms with van der Waals surface area (Å²) in [6.45, 7) is 2.78. The van der Waals surface area contributed by atoms with Crippen molar-refractivity contribution in [2.75, 3.05) is 30.5 Å². The van der Waals surface area contributed by atoms with Crippen LogP contribution in [0.3, 0.4) is 0 Å². The standard InChI is InChI=1S/C14H22N2O3S/c1-3-19-13-6-4-11(5-7-13)16-14(18)15-10-12(17)8-9-20-2/h4-7,12,17H,3,8-10H2,1-2H3,(H2,15,16,18). The number of nitrogens with one attached hydrogen (secondary N) is 2. The second-order valence-corrected chi connectivity index (χ2v) is 5.21. The minimum Gasteiger partial charge on any atom is -0.494 e. The number of aliphatic hydroxyl groups is 1. The van der Waals surface area contributed by atoms with Crippen LogP contribution in [-0.4, -0.2) is 42.4 Å². The van der Waals surface area contributed by atoms with Crippen molar-refractivity contribution in [1.82, 2.24) is 5.32 Å². The van der Waals surface area contributed by atoms with Crippen LogP contribution in [0.1, 0.15) is 13.3 Å². The lowest BCUT2D eigenvalue weighted by atomic mass is 10.3. The number of carbonyl (C=O) groups is 1. The van der Waals surface area contributed by atoms with Gasteiger partial charge in [0.1, 0.15) is 5.75 Å². The number of thioether (sulfide) groups is 1. The highest BCUT2D eigenvalue weighted by Crippen LogP contribution is 2.15. The van der Waals surface area contributed by atoms with E-state index in [1.54, 1.807) is 36.0 Å². The Balaban J connectivity index is 2.31. The van der Waals surface area contributed by atoms with Crippen molar-refractivity contribution in [3.05, 3.63) is 24.3 Å². The average Bonchev–Trinajstić information content (AvgIpc) is 2.45. The monoisotopic (exact) mass is 298 g/mol. The van der Waals surface area contributed by atoms with Crippen LogP contribution in [0.4, 0.5) is 10.5 Å². The van der Waals surface area contributed by atoms with Gasteiger partial charge >= 0.3 is 6.03 Å². The molecule has 0 aromatic heterocycles. The summed E-state index contributed by atoms with van der Waals surface area (Å²) in [5, 5.41) is 15.0. The van der Waals surface area contributed by atoms with E-state index in [1.165, 1.54) is 0 Å². The second kappa shape index (κ2) is 9.50. The first-order chi connectivity index (χ1) is 9.65. The maximum atomic E-state index is 11.6. The second-order valence-electron chi connectivity index (χ2n) is 4.23. The Bertz CT molecular complexity index is 398. The van der Waals surface area contributed by atoms with Crippen LogP contribution in [0.25, 0.3) is 0 Å². The number of urea groups is 1. The Morgan fingerprint density at radius 2 is 2.10 bits per heavy atom. The lowest BCUT2D eigenvalue weighted by molar-refractivity contribution is 0.169. The molecule has 3 N–H and O–H groups in total. The lowest BCUT2D eigenvalue weighted by Gasteiger charge is -2.12. The smallest absolute Gasteiger partial charge is 0.319 e. The number of rotatable bonds is 8. The highest BCUT2D eigenvalue weighted by atomic mass is 32.2. The number of aliphatic hydroxyl groups excluding tert-OH is 1. The molecule has 0 fully saturated rings. The molecule has 0 spiro atoms. The van der Waals surface area contributed by atoms with Gasteiger partial charge in [-0.3, -0.25) is 0 Å². The van der Waals surface area contributed by atoms with Gasteiger partial charge in [0, 0.05) is 12.2 Å². The summed E-state index contributed by atoms with van der Waals surface area (Å²) in [4.78, 5) is 11.6. The number of carbonyl (C=O) groups excluding carboxylic acids is 1. The quantitative estimate of drug-likeness (QED) is 0.689. The van der Waals surface area contributed by atoms with Gasteiger partial charge in [0.05, 0.1) is 12.7 Å². The van der Waals surface area contributed by atoms with E-state index in [1.807, 2.05) is 13.2 Å². The predicted molar refractivity (Wildman–Crippen MR) is 83.6 cm³/mol. The molecule has 6 heteroatoms. The molecule has 20 heavy (non-hydrogen) atoms. The van der Waals surface area contributed by atoms with E-state index < -0.39 is 6.10 Å². The molecule has 1 aromatic rings. The van der Waals surface area contributed by atoms with Crippen molar-refractivity contribution in [3.8, 4) is 5.75 Å². The predicted octanol–water partition coefficient (Wildman–Crippen LogP) is 2.32. The Morgan fingerprint density at radius 3 is 2.70 bits per heavy atom. The van der Waals surface area contributed by atoms with Gasteiger partial charge in [0.2, 0.25) is 0 Å². The summed E-state index contributed by atoms with van der Waals surface area (Å²) in [7, 11) is 0. The molecule has 0 aliphatic heterocycles. The molecule has 0 saturated carbocycles. The SMILES string of the molecule is CCOc1ccc(NC(=O)NCC(O)CCSC)cc1. The lowest BCUT2D eigenvalue weighted by Crippen LogP contribution is -2.35. The van der Waals surface area contributed by atoms with E-state index >= 15 is 0 Å². The first kappa shape index (κ1) is 16.7. The minimum absolute atomic E-state index is 0.253. The largest absolute Gasteiger partial charge is 0.494 e. The van der Waals surface area contributed by atoms with Crippen molar-refractivity contribution < 1.29 is 14.6 Å². The van der Waals surface area contributed by atoms with E-state index in [0.717, 1.165) is 11.5 Å². The Hall–Kier alpha value is -1.40. The number of anilines is 1. The van der Waals surface area contributed by atoms with Crippen LogP contribution in [-0.2, 0) is 0 Å². The van der Waals surface area contributed by atoms with E-state index in [9.17, 15) is 9.90 Å². The van der Waals surface area contributed by atoms with Crippen LogP contribution < -0.4 is 15.4 Å². The zero-order valence-corrected chi connectivity index (χ0v) is 12.7. The normalized spacial score (nSPS) is 11.8. The van der Waals surface area contributed by atoms with Crippen LogP contribution >= 0.6 is 11.8 Å². The minimum atomic E-state index is -0.506. The summed E-state index contributed by atoms with van der Waals surface area (Å²) in [5.41, 5.74) is 0.685. The topological polar surface area (TPSA) is 70.6 Å². The van der Waals surface area contributed by atoms with Crippen LogP contribution in [0.2, 0.25) is 0 Å². The maximum absolute atomic E-state index is 11.6. The Labute approximate surface area is 124 Å². The van der Waals surface area contributed by atoms with Crippen LogP contribution in [0, 0.1) is 0 Å². The van der Waals surface area contributed by atoms with Crippen LogP contribution in [0.15, 0.2) is 24.3 Å². The van der Waals surface area contributed by atoms with E-state index in [0.29, 0.717) is 18.7 Å². The maximum Gasteiger partial charge on any atom is 0.319 e. The molecule has 1 rings (SSSR count). The third-order valence-electron chi connectivity index (χ3n) is 2.58. The van der Waals surface area contributed by atoms with Crippen molar-refractivity contribution in [2.45, 2.75) is 19.4 Å². The first-order valence-electron chi connectivity index (χ1n) is 6.60. The van der Waals surface area contributed by atoms with E-state index in [-0.39, 0.29) is 12.6 Å². The highest BCUT2D eigenvalue weighted by Gasteiger charge is 2.06. The fraction of sp³-hybridized carbons (Fsp3) is 0.500. The molecule has 0 aliphatic rings. The number of ether oxygens (including phenoxy) is 1. The Kier molecular flexibility index (Phi) is 7.91. The molecule has 0 bridgehead atoms. The van der Waals surface area contributed by atoms with Gasteiger partial charge in [-0.1, -0.05) is 0 Å². The van der Waals surface area contributed by atoms with Gasteiger partial charge < -0.3 is 20.5 Å². The van der Waals surface area contributed by atoms with Gasteiger partial charge in [-0.15, -0.1) is 0 Å². The summed E-state index contributed by atoms with van der Waals surface area (Å²) < 4.78 is 5.32. The van der Waals surface area contributed by atoms with E-state index in [2.05, 4.69) is 10.6 Å². The molecule has 5 nitrogen and oxygen atoms in total. The van der Waals surface area contributed by atoms with Crippen molar-refractivity contribution >= 4 is 23.5 Å². The van der Waals surface area contributed by atoms with Gasteiger partial charge in [-0.25, -0.2) is 4.79 Å². The van der Waals surface area contributed by atoms with Crippen molar-refractivity contribution in [3.63, 3.8) is 0 Å². The van der Waals surface area contributed by atoms with Gasteiger partial charge in [0.25, 0.3) is 0 Å². The zero-order valence-electron chi connectivity index (χ0n) is 11.9. The third kappa shape index (κ3) is 6.68. The highest BCUT2D eigenvalue weighted by molar-refractivity contribution is 7.98. The molecular formula is C14H22N2O3S. The zero-order chi connectivity index (χ0) is 14.8. The van der Waals surface area contributed by atoms with Crippen LogP contribution in [0.5, 0.6) is 5.75 Å². The molecule has 0 saturated heterocycles. The molecule has 2 amide bonds. The molecular weight excluding hydrogens is 276 g/mol. The van der Waals surface area contributed by atoms with E-state index in [4.69, 9.17) is 4.74 Å². The summed E-state index contributed by atoms with van der Waals surface area (Å²) >= 11 is 1.67. The van der Waals surface area contributed by atoms with Crippen molar-refractivity contribution in [1.29, 1.82) is 0 Å². The number of hydrogen-bond acceptors (Lipinski definition) is 4. The van der Waals surface area contributed by atoms with Gasteiger partial charge in [-0.05, 0) is 49.6 Å². The van der Waals surface area contributed by atoms with Crippen molar-refractivity contribution in [2.24, 2.45) is 0 Å². The number of benzene rings is 1. The molecule has 112 valence electrons. The van der Waals surface area contributed by atoms with Gasteiger partial charge in [-0.2, -0.15) is 11.8 Å². The summed E-state index contributed by atoms with van der Waals surface area (Å²) in [5.74, 6) is 1.65. The molecule has 1 atom stereocenters. The number of hydrogen-bond donors (Lipinski definition) is 3. The fourth-order valence-electron chi connectivity index (χ4n) is 1.54.